The van der Waals surface area contributed by atoms with Gasteiger partial charge in [-0.05, 0) is 44.2 Å². The van der Waals surface area contributed by atoms with Gasteiger partial charge in [0.05, 0.1) is 11.9 Å². The zero-order valence-electron chi connectivity index (χ0n) is 11.1. The van der Waals surface area contributed by atoms with E-state index in [2.05, 4.69) is 17.0 Å². The van der Waals surface area contributed by atoms with E-state index in [1.54, 1.807) is 0 Å². The van der Waals surface area contributed by atoms with E-state index in [-0.39, 0.29) is 10.7 Å². The van der Waals surface area contributed by atoms with Crippen LogP contribution in [0.3, 0.4) is 0 Å². The molecular weight excluding hydrogens is 252 g/mol. The van der Waals surface area contributed by atoms with Crippen LogP contribution in [-0.2, 0) is 14.8 Å². The molecule has 2 rings (SSSR count). The highest BCUT2D eigenvalue weighted by atomic mass is 32.2. The first-order valence-electron chi connectivity index (χ1n) is 6.79. The fraction of sp³-hybridized carbons (Fsp3) is 1.00. The van der Waals surface area contributed by atoms with E-state index in [0.29, 0.717) is 26.2 Å². The predicted octanol–water partition coefficient (Wildman–Crippen LogP) is 0.475. The second-order valence-corrected chi connectivity index (χ2v) is 7.81. The van der Waals surface area contributed by atoms with Crippen molar-refractivity contribution < 1.29 is 13.2 Å². The summed E-state index contributed by atoms with van der Waals surface area (Å²) >= 11 is 0. The van der Waals surface area contributed by atoms with Crippen molar-refractivity contribution in [3.63, 3.8) is 0 Å². The number of piperidine rings is 1. The molecule has 2 N–H and O–H groups in total. The van der Waals surface area contributed by atoms with Gasteiger partial charge in [0.1, 0.15) is 0 Å². The first kappa shape index (κ1) is 14.2. The van der Waals surface area contributed by atoms with Crippen LogP contribution in [0.5, 0.6) is 0 Å². The predicted molar refractivity (Wildman–Crippen MR) is 71.0 cm³/mol. The van der Waals surface area contributed by atoms with E-state index in [4.69, 9.17) is 4.74 Å². The molecule has 0 amide bonds. The van der Waals surface area contributed by atoms with E-state index < -0.39 is 10.0 Å². The van der Waals surface area contributed by atoms with Crippen LogP contribution in [0.25, 0.3) is 0 Å². The molecule has 2 heterocycles. The van der Waals surface area contributed by atoms with Crippen LogP contribution >= 0.6 is 0 Å². The zero-order valence-corrected chi connectivity index (χ0v) is 11.9. The molecule has 2 aliphatic rings. The first-order chi connectivity index (χ1) is 8.52. The van der Waals surface area contributed by atoms with E-state index >= 15 is 0 Å². The van der Waals surface area contributed by atoms with Gasteiger partial charge in [0, 0.05) is 13.2 Å². The number of sulfonamides is 1. The van der Waals surface area contributed by atoms with Crippen LogP contribution in [-0.4, -0.2) is 46.5 Å². The summed E-state index contributed by atoms with van der Waals surface area (Å²) in [5, 5.41) is 2.94. The highest BCUT2D eigenvalue weighted by Gasteiger charge is 2.32. The summed E-state index contributed by atoms with van der Waals surface area (Å²) < 4.78 is 32.4. The quantitative estimate of drug-likeness (QED) is 0.783. The van der Waals surface area contributed by atoms with Crippen molar-refractivity contribution in [2.75, 3.05) is 32.8 Å². The maximum atomic E-state index is 12.2. The summed E-state index contributed by atoms with van der Waals surface area (Å²) in [5.74, 6) is 0. The Bertz CT molecular complexity index is 358. The maximum Gasteiger partial charge on any atom is 0.216 e. The highest BCUT2D eigenvalue weighted by molar-refractivity contribution is 7.90. The van der Waals surface area contributed by atoms with Gasteiger partial charge in [-0.25, -0.2) is 13.1 Å². The maximum absolute atomic E-state index is 12.2. The molecule has 0 aromatic rings. The first-order valence-corrected chi connectivity index (χ1v) is 8.33. The van der Waals surface area contributed by atoms with Gasteiger partial charge < -0.3 is 10.1 Å². The molecule has 1 unspecified atom stereocenters. The van der Waals surface area contributed by atoms with Gasteiger partial charge in [-0.1, -0.05) is 6.92 Å². The molecule has 2 fully saturated rings. The zero-order chi connectivity index (χ0) is 13.1. The summed E-state index contributed by atoms with van der Waals surface area (Å²) in [6, 6.07) is 0. The van der Waals surface area contributed by atoms with Crippen LogP contribution in [0.4, 0.5) is 0 Å². The third-order valence-corrected chi connectivity index (χ3v) is 5.86. The fourth-order valence-electron chi connectivity index (χ4n) is 2.56. The van der Waals surface area contributed by atoms with Crippen molar-refractivity contribution >= 4 is 10.0 Å². The average Bonchev–Trinajstić information content (AvgIpc) is 2.39. The van der Waals surface area contributed by atoms with E-state index in [1.165, 1.54) is 0 Å². The van der Waals surface area contributed by atoms with Gasteiger partial charge in [0.25, 0.3) is 0 Å². The lowest BCUT2D eigenvalue weighted by Crippen LogP contribution is -2.46. The Morgan fingerprint density at radius 3 is 2.72 bits per heavy atom. The summed E-state index contributed by atoms with van der Waals surface area (Å²) in [4.78, 5) is 0. The molecule has 0 saturated carbocycles. The molecule has 106 valence electrons. The van der Waals surface area contributed by atoms with Crippen LogP contribution in [0, 0.1) is 5.41 Å². The molecule has 6 heteroatoms. The van der Waals surface area contributed by atoms with Crippen molar-refractivity contribution in [1.29, 1.82) is 0 Å². The Labute approximate surface area is 110 Å². The Morgan fingerprint density at radius 2 is 2.11 bits per heavy atom. The third-order valence-electron chi connectivity index (χ3n) is 4.07. The topological polar surface area (TPSA) is 67.4 Å². The fourth-order valence-corrected chi connectivity index (χ4v) is 4.09. The largest absolute Gasteiger partial charge is 0.380 e. The second-order valence-electron chi connectivity index (χ2n) is 5.77. The molecule has 0 spiro atoms. The minimum Gasteiger partial charge on any atom is -0.380 e. The summed E-state index contributed by atoms with van der Waals surface area (Å²) in [6.07, 6.45) is 3.60. The van der Waals surface area contributed by atoms with Gasteiger partial charge in [-0.15, -0.1) is 0 Å². The number of rotatable bonds is 4. The lowest BCUT2D eigenvalue weighted by Gasteiger charge is -2.34. The molecule has 0 aromatic heterocycles. The molecule has 18 heavy (non-hydrogen) atoms. The summed E-state index contributed by atoms with van der Waals surface area (Å²) in [6.45, 7) is 5.69. The van der Waals surface area contributed by atoms with Gasteiger partial charge in [-0.2, -0.15) is 0 Å². The van der Waals surface area contributed by atoms with E-state index in [9.17, 15) is 8.42 Å². The van der Waals surface area contributed by atoms with E-state index in [1.807, 2.05) is 0 Å². The molecular formula is C12H24N2O3S. The van der Waals surface area contributed by atoms with Crippen LogP contribution in [0.2, 0.25) is 0 Å². The van der Waals surface area contributed by atoms with Crippen molar-refractivity contribution in [3.05, 3.63) is 0 Å². The Kier molecular flexibility index (Phi) is 4.64. The molecule has 0 bridgehead atoms. The number of hydrogen-bond acceptors (Lipinski definition) is 4. The highest BCUT2D eigenvalue weighted by Crippen LogP contribution is 2.27. The number of nitrogens with one attached hydrogen (secondary N) is 2. The molecule has 5 nitrogen and oxygen atoms in total. The molecule has 2 saturated heterocycles. The van der Waals surface area contributed by atoms with Crippen molar-refractivity contribution in [2.24, 2.45) is 5.41 Å². The van der Waals surface area contributed by atoms with Gasteiger partial charge in [0.2, 0.25) is 10.0 Å². The summed E-state index contributed by atoms with van der Waals surface area (Å²) in [7, 11) is -3.22. The number of ether oxygens (including phenoxy) is 1. The van der Waals surface area contributed by atoms with Crippen LogP contribution < -0.4 is 10.0 Å². The summed E-state index contributed by atoms with van der Waals surface area (Å²) in [5.41, 5.74) is 0.0911. The second kappa shape index (κ2) is 5.86. The van der Waals surface area contributed by atoms with E-state index in [0.717, 1.165) is 32.4 Å². The SMILES string of the molecule is CC1(CNS(=O)(=O)C2CCCOC2)CCNCC1. The lowest BCUT2D eigenvalue weighted by molar-refractivity contribution is 0.0986. The minimum atomic E-state index is -3.22. The Balaban J connectivity index is 1.87. The van der Waals surface area contributed by atoms with Crippen molar-refractivity contribution in [3.8, 4) is 0 Å². The molecule has 0 aliphatic carbocycles. The molecule has 0 aromatic carbocycles. The normalized spacial score (nSPS) is 29.1. The Morgan fingerprint density at radius 1 is 1.39 bits per heavy atom. The average molecular weight is 276 g/mol. The minimum absolute atomic E-state index is 0.0911. The van der Waals surface area contributed by atoms with Gasteiger partial charge >= 0.3 is 0 Å². The lowest BCUT2D eigenvalue weighted by atomic mass is 9.81. The van der Waals surface area contributed by atoms with Crippen molar-refractivity contribution in [1.82, 2.24) is 10.0 Å². The Hall–Kier alpha value is -0.170. The molecule has 1 atom stereocenters. The van der Waals surface area contributed by atoms with Crippen molar-refractivity contribution in [2.45, 2.75) is 37.9 Å². The number of hydrogen-bond donors (Lipinski definition) is 2. The van der Waals surface area contributed by atoms with Gasteiger partial charge in [0.15, 0.2) is 0 Å². The van der Waals surface area contributed by atoms with Gasteiger partial charge in [-0.3, -0.25) is 0 Å². The molecule has 2 aliphatic heterocycles. The van der Waals surface area contributed by atoms with Crippen LogP contribution in [0.15, 0.2) is 0 Å². The third kappa shape index (κ3) is 3.66. The monoisotopic (exact) mass is 276 g/mol. The standard InChI is InChI=1S/C12H24N2O3S/c1-12(4-6-13-7-5-12)10-14-18(15,16)11-3-2-8-17-9-11/h11,13-14H,2-10H2,1H3. The smallest absolute Gasteiger partial charge is 0.216 e. The molecule has 0 radical (unpaired) electrons. The van der Waals surface area contributed by atoms with Crippen LogP contribution in [0.1, 0.15) is 32.6 Å².